The summed E-state index contributed by atoms with van der Waals surface area (Å²) in [6.45, 7) is 10.2. The number of aryl methyl sites for hydroxylation is 2. The van der Waals surface area contributed by atoms with Gasteiger partial charge in [-0.2, -0.15) is 10.6 Å². The van der Waals surface area contributed by atoms with E-state index in [2.05, 4.69) is 85.6 Å². The van der Waals surface area contributed by atoms with Crippen LogP contribution >= 0.6 is 0 Å². The number of rotatable bonds is 63. The Morgan fingerprint density at radius 3 is 1.77 bits per heavy atom. The Labute approximate surface area is 651 Å². The van der Waals surface area contributed by atoms with Crippen LogP contribution in [0.25, 0.3) is 22.2 Å². The van der Waals surface area contributed by atoms with Crippen molar-refractivity contribution in [2.24, 2.45) is 11.1 Å². The summed E-state index contributed by atoms with van der Waals surface area (Å²) in [6, 6.07) is 14.8. The second-order valence-electron chi connectivity index (χ2n) is 28.1. The number of ether oxygens (including phenoxy) is 7. The topological polar surface area (TPSA) is 433 Å². The van der Waals surface area contributed by atoms with Gasteiger partial charge in [0.25, 0.3) is 0 Å². The molecule has 111 heavy (non-hydrogen) atoms. The molecular weight excluding hydrogens is 1430 g/mol. The van der Waals surface area contributed by atoms with Crippen molar-refractivity contribution < 1.29 is 92.0 Å². The number of pyridine rings is 1. The molecule has 0 spiro atoms. The average molecular weight is 1560 g/mol. The third kappa shape index (κ3) is 35.9. The van der Waals surface area contributed by atoms with Crippen molar-refractivity contribution in [1.82, 2.24) is 61.7 Å². The van der Waals surface area contributed by atoms with Crippen molar-refractivity contribution in [1.29, 1.82) is 0 Å². The molecule has 13 N–H and O–H groups in total. The first-order chi connectivity index (χ1) is 53.9. The highest BCUT2D eigenvalue weighted by molar-refractivity contribution is 6.08. The van der Waals surface area contributed by atoms with E-state index >= 15 is 0 Å². The summed E-state index contributed by atoms with van der Waals surface area (Å²) in [5, 5.41) is 60.6. The minimum atomic E-state index is -1.48. The van der Waals surface area contributed by atoms with Crippen LogP contribution in [0.2, 0.25) is 0 Å². The summed E-state index contributed by atoms with van der Waals surface area (Å²) < 4.78 is 45.1. The van der Waals surface area contributed by atoms with Crippen LogP contribution < -0.4 is 43.1 Å². The minimum absolute atomic E-state index is 0.00366. The van der Waals surface area contributed by atoms with E-state index in [0.29, 0.717) is 89.7 Å². The van der Waals surface area contributed by atoms with Crippen molar-refractivity contribution in [3.05, 3.63) is 101 Å². The largest absolute Gasteiger partial charge is 0.394 e. The molecule has 2 aromatic carbocycles. The minimum Gasteiger partial charge on any atom is -0.394 e. The fraction of sp³-hybridized carbons (Fsp3) is 0.646. The number of carbonyl (C=O) groups is 7. The van der Waals surface area contributed by atoms with E-state index in [1.54, 1.807) is 24.5 Å². The van der Waals surface area contributed by atoms with Crippen molar-refractivity contribution in [3.63, 3.8) is 0 Å². The number of nitrogens with two attached hydrogens (primary N) is 1. The first-order valence-corrected chi connectivity index (χ1v) is 39.3. The Morgan fingerprint density at radius 1 is 0.595 bits per heavy atom. The van der Waals surface area contributed by atoms with Crippen molar-refractivity contribution in [3.8, 4) is 11.1 Å². The molecule has 0 bridgehead atoms. The molecule has 3 aromatic heterocycles. The number of Topliss-reactive ketones (excluding diaryl/α,β-unsaturated/α-hetero) is 1. The standard InChI is InChI=1S/C79H123N13O19/c1-58-17-18-59(2)63(47-58)52-92-67-48-62(19-20-66(67)90-77(92)74(101)61-21-35-81-36-22-61)64-50-87-91(51-64)37-44-104-38-13-11-9-7-5-4-6-8-10-12-30-83-69(97)24-40-106-46-45-105-39-23-65(96)49-79(54-107-41-25-70(98)84-31-14-28-80,55-108-42-26-71(99)85-32-15-29-82-57-94)56-109-43-27-72(100)86-33-16-34-88-111-78-73(89-60(3)95)76(103)75(102)68(53-93)110-78/h17-22,35-36,47-48,50-51,68,73,75-76,78,82,88,93-94,102-103H,4-16,23-34,37-46,49,52-57,80H2,1-3H3,(H,83,97)(H,84,98)(H,85,99)(H,86,100)(H,89,95)/t68-,73-,75+,76-,78+,79?/m1/s1. The van der Waals surface area contributed by atoms with Gasteiger partial charge >= 0.3 is 0 Å². The van der Waals surface area contributed by atoms with Gasteiger partial charge in [0.05, 0.1) is 116 Å². The van der Waals surface area contributed by atoms with Crippen LogP contribution in [-0.2, 0) is 79.9 Å². The summed E-state index contributed by atoms with van der Waals surface area (Å²) >= 11 is 0. The number of hydroxylamine groups is 1. The maximum Gasteiger partial charge on any atom is 0.228 e. The molecule has 1 aliphatic heterocycles. The lowest BCUT2D eigenvalue weighted by Crippen LogP contribution is -2.65. The Hall–Kier alpha value is -7.64. The molecule has 1 unspecified atom stereocenters. The molecular formula is C79H123N13O19. The van der Waals surface area contributed by atoms with Crippen molar-refractivity contribution in [2.45, 2.75) is 187 Å². The average Bonchev–Trinajstić information content (AvgIpc) is 1.66. The van der Waals surface area contributed by atoms with Crippen LogP contribution in [0.5, 0.6) is 0 Å². The Kier molecular flexibility index (Phi) is 45.0. The number of hydrogen-bond donors (Lipinski definition) is 12. The molecule has 6 rings (SSSR count). The zero-order chi connectivity index (χ0) is 79.7. The van der Waals surface area contributed by atoms with Gasteiger partial charge in [-0.25, -0.2) is 4.98 Å². The number of nitrogens with zero attached hydrogens (tertiary/aromatic N) is 5. The number of carbonyl (C=O) groups excluding carboxylic acids is 7. The highest BCUT2D eigenvalue weighted by Gasteiger charge is 2.46. The molecule has 5 aromatic rings. The lowest BCUT2D eigenvalue weighted by molar-refractivity contribution is -0.286. The zero-order valence-electron chi connectivity index (χ0n) is 65.2. The van der Waals surface area contributed by atoms with E-state index in [0.717, 1.165) is 71.0 Å². The van der Waals surface area contributed by atoms with Crippen LogP contribution in [0.1, 0.15) is 162 Å². The third-order valence-corrected chi connectivity index (χ3v) is 18.7. The van der Waals surface area contributed by atoms with Gasteiger partial charge in [-0.3, -0.25) is 53.4 Å². The first-order valence-electron chi connectivity index (χ1n) is 39.3. The number of imidazole rings is 1. The number of hydrogen-bond acceptors (Lipinski definition) is 25. The summed E-state index contributed by atoms with van der Waals surface area (Å²) in [5.74, 6) is -1.38. The number of nitrogens with one attached hydrogen (secondary N) is 7. The Bertz CT molecular complexity index is 3510. The van der Waals surface area contributed by atoms with Crippen molar-refractivity contribution in [2.75, 3.05) is 138 Å². The molecule has 1 fully saturated rings. The van der Waals surface area contributed by atoms with Crippen LogP contribution in [-0.4, -0.2) is 255 Å². The van der Waals surface area contributed by atoms with Gasteiger partial charge in [-0.1, -0.05) is 81.2 Å². The number of amides is 5. The molecule has 1 aliphatic rings. The normalized spacial score (nSPS) is 16.2. The highest BCUT2D eigenvalue weighted by Crippen LogP contribution is 2.30. The van der Waals surface area contributed by atoms with Gasteiger partial charge in [0, 0.05) is 120 Å². The summed E-state index contributed by atoms with van der Waals surface area (Å²) in [6.07, 6.45) is 14.7. The van der Waals surface area contributed by atoms with E-state index in [4.69, 9.17) is 53.8 Å². The second kappa shape index (κ2) is 54.1. The maximum absolute atomic E-state index is 13.8. The number of aromatic nitrogens is 5. The zero-order valence-corrected chi connectivity index (χ0v) is 65.2. The van der Waals surface area contributed by atoms with E-state index in [1.807, 2.05) is 33.8 Å². The number of ketones is 2. The smallest absolute Gasteiger partial charge is 0.228 e. The summed E-state index contributed by atoms with van der Waals surface area (Å²) in [4.78, 5) is 104. The van der Waals surface area contributed by atoms with Gasteiger partial charge in [0.2, 0.25) is 41.6 Å². The van der Waals surface area contributed by atoms with Gasteiger partial charge in [-0.05, 0) is 100.0 Å². The van der Waals surface area contributed by atoms with Gasteiger partial charge < -0.3 is 90.5 Å². The predicted molar refractivity (Wildman–Crippen MR) is 414 cm³/mol. The molecule has 5 amide bonds. The maximum atomic E-state index is 13.8. The molecule has 1 saturated heterocycles. The van der Waals surface area contributed by atoms with Gasteiger partial charge in [0.1, 0.15) is 30.1 Å². The Morgan fingerprint density at radius 2 is 1.16 bits per heavy atom. The van der Waals surface area contributed by atoms with E-state index in [9.17, 15) is 48.9 Å². The van der Waals surface area contributed by atoms with Crippen LogP contribution in [0.15, 0.2) is 73.3 Å². The summed E-state index contributed by atoms with van der Waals surface area (Å²) in [5.41, 5.74) is 14.7. The molecule has 0 aliphatic carbocycles. The lowest BCUT2D eigenvalue weighted by Gasteiger charge is -2.41. The number of aliphatic hydroxyl groups excluding tert-OH is 4. The number of unbranched alkanes of at least 4 members (excludes halogenated alkanes) is 9. The second-order valence-corrected chi connectivity index (χ2v) is 28.1. The molecule has 0 radical (unpaired) electrons. The van der Waals surface area contributed by atoms with Gasteiger partial charge in [-0.15, -0.1) is 0 Å². The highest BCUT2D eigenvalue weighted by atomic mass is 16.8. The molecule has 4 heterocycles. The molecule has 6 atom stereocenters. The van der Waals surface area contributed by atoms with Crippen LogP contribution in [0.4, 0.5) is 0 Å². The van der Waals surface area contributed by atoms with Crippen molar-refractivity contribution >= 4 is 52.1 Å². The molecule has 32 heteroatoms. The van der Waals surface area contributed by atoms with E-state index < -0.39 is 48.6 Å². The monoisotopic (exact) mass is 1560 g/mol. The number of benzene rings is 2. The fourth-order valence-corrected chi connectivity index (χ4v) is 12.4. The molecule has 0 saturated carbocycles. The van der Waals surface area contributed by atoms with Crippen LogP contribution in [0.3, 0.4) is 0 Å². The predicted octanol–water partition coefficient (Wildman–Crippen LogP) is 3.69. The van der Waals surface area contributed by atoms with E-state index in [1.165, 1.54) is 39.0 Å². The molecule has 618 valence electrons. The first kappa shape index (κ1) is 92.2. The van der Waals surface area contributed by atoms with Crippen LogP contribution in [0, 0.1) is 19.3 Å². The number of aliphatic hydroxyl groups is 4. The quantitative estimate of drug-likeness (QED) is 0.0114. The lowest BCUT2D eigenvalue weighted by atomic mass is 9.84. The third-order valence-electron chi connectivity index (χ3n) is 18.7. The Balaban J connectivity index is 0.807. The SMILES string of the molecule is CC(=O)N[C@H]1[C@H](ONCCCNC(=O)CCOCC(COCCC(=O)NCCCN)(COCCC(=O)NCCCNCO)CC(=O)CCOCCOCCC(=O)NCCCCCCCCCCCCOCCn2cc(-c3ccc4nc(C(=O)c5ccncc5)n(Cc5cc(C)ccc5C)c4c3)cn2)O[C@H](CO)[C@H](O)[C@@H]1O. The molecule has 32 nitrogen and oxygen atoms in total. The number of fused-ring (bicyclic) bond motifs is 1. The summed E-state index contributed by atoms with van der Waals surface area (Å²) in [7, 11) is 0. The van der Waals surface area contributed by atoms with Gasteiger partial charge in [0.15, 0.2) is 5.82 Å². The van der Waals surface area contributed by atoms with E-state index in [-0.39, 0.29) is 160 Å². The fourth-order valence-electron chi connectivity index (χ4n) is 12.4.